The smallest absolute Gasteiger partial charge is 0.320 e. The third kappa shape index (κ3) is 5.63. The molecule has 1 saturated carbocycles. The van der Waals surface area contributed by atoms with Gasteiger partial charge in [-0.2, -0.15) is 0 Å². The average Bonchev–Trinajstić information content (AvgIpc) is 2.75. The van der Waals surface area contributed by atoms with Crippen LogP contribution >= 0.6 is 0 Å². The van der Waals surface area contributed by atoms with Crippen LogP contribution in [0.2, 0.25) is 0 Å². The number of nitrogens with zero attached hydrogens (tertiary/aromatic N) is 3. The Morgan fingerprint density at radius 3 is 2.31 bits per heavy atom. The molecule has 1 aliphatic carbocycles. The fraction of sp³-hybridized carbons (Fsp3) is 0.909. The number of hydrogen-bond acceptors (Lipinski definition) is 4. The summed E-state index contributed by atoms with van der Waals surface area (Å²) in [5.41, 5.74) is 0. The fourth-order valence-electron chi connectivity index (χ4n) is 5.27. The number of aliphatic hydroxyl groups excluding tert-OH is 1. The number of carbonyl (C=O) groups is 2. The summed E-state index contributed by atoms with van der Waals surface area (Å²) in [4.78, 5) is 31.6. The molecule has 7 heteroatoms. The van der Waals surface area contributed by atoms with Gasteiger partial charge in [0.15, 0.2) is 0 Å². The predicted molar refractivity (Wildman–Crippen MR) is 114 cm³/mol. The monoisotopic (exact) mass is 408 g/mol. The van der Waals surface area contributed by atoms with Crippen molar-refractivity contribution in [3.05, 3.63) is 0 Å². The molecule has 3 amide bonds. The Kier molecular flexibility index (Phi) is 8.18. The molecule has 2 saturated heterocycles. The quantitative estimate of drug-likeness (QED) is 0.730. The van der Waals surface area contributed by atoms with E-state index in [-0.39, 0.29) is 30.0 Å². The number of amides is 3. The zero-order valence-corrected chi connectivity index (χ0v) is 18.3. The van der Waals surface area contributed by atoms with Gasteiger partial charge in [0, 0.05) is 51.4 Å². The van der Waals surface area contributed by atoms with Crippen LogP contribution in [0, 0.1) is 5.92 Å². The highest BCUT2D eigenvalue weighted by atomic mass is 16.3. The Balaban J connectivity index is 1.45. The van der Waals surface area contributed by atoms with Gasteiger partial charge in [-0.05, 0) is 52.4 Å². The average molecular weight is 409 g/mol. The third-order valence-electron chi connectivity index (χ3n) is 7.14. The highest BCUT2D eigenvalue weighted by molar-refractivity contribution is 5.81. The van der Waals surface area contributed by atoms with E-state index in [1.54, 1.807) is 0 Å². The van der Waals surface area contributed by atoms with Gasteiger partial charge >= 0.3 is 6.03 Å². The molecule has 0 aromatic carbocycles. The largest absolute Gasteiger partial charge is 0.391 e. The Morgan fingerprint density at radius 1 is 0.966 bits per heavy atom. The summed E-state index contributed by atoms with van der Waals surface area (Å²) in [5, 5.41) is 13.6. The van der Waals surface area contributed by atoms with E-state index in [9.17, 15) is 14.7 Å². The van der Waals surface area contributed by atoms with Gasteiger partial charge in [-0.15, -0.1) is 0 Å². The van der Waals surface area contributed by atoms with Gasteiger partial charge in [-0.3, -0.25) is 9.69 Å². The van der Waals surface area contributed by atoms with Crippen molar-refractivity contribution in [3.8, 4) is 0 Å². The van der Waals surface area contributed by atoms with Gasteiger partial charge in [-0.25, -0.2) is 4.79 Å². The first-order chi connectivity index (χ1) is 14.0. The fourth-order valence-corrected chi connectivity index (χ4v) is 5.27. The number of nitrogens with one attached hydrogen (secondary N) is 1. The van der Waals surface area contributed by atoms with Crippen molar-refractivity contribution in [1.29, 1.82) is 0 Å². The number of aliphatic hydroxyl groups is 1. The van der Waals surface area contributed by atoms with Crippen LogP contribution in [0.3, 0.4) is 0 Å². The van der Waals surface area contributed by atoms with Gasteiger partial charge in [0.2, 0.25) is 5.91 Å². The summed E-state index contributed by atoms with van der Waals surface area (Å²) in [6.07, 6.45) is 7.83. The molecule has 3 fully saturated rings. The van der Waals surface area contributed by atoms with Crippen LogP contribution in [0.25, 0.3) is 0 Å². The molecule has 3 aliphatic rings. The van der Waals surface area contributed by atoms with E-state index >= 15 is 0 Å². The molecule has 0 radical (unpaired) electrons. The number of urea groups is 1. The van der Waals surface area contributed by atoms with Gasteiger partial charge in [0.1, 0.15) is 0 Å². The van der Waals surface area contributed by atoms with Crippen molar-refractivity contribution in [2.75, 3.05) is 39.3 Å². The van der Waals surface area contributed by atoms with Crippen molar-refractivity contribution >= 4 is 11.9 Å². The van der Waals surface area contributed by atoms with Gasteiger partial charge in [-0.1, -0.05) is 12.8 Å². The van der Waals surface area contributed by atoms with Crippen LogP contribution in [-0.2, 0) is 4.79 Å². The minimum absolute atomic E-state index is 0.0619. The number of rotatable bonds is 5. The standard InChI is InChI=1S/C22H40N4O3/c1-3-24(4-2)22(29)26-13-7-8-17(16-26)21(28)23-18-11-14-25(15-12-18)19-9-5-6-10-20(19)27/h17-20,27H,3-16H2,1-2H3,(H,23,28)/t17-,19+,20-/m0/s1. The molecule has 2 aliphatic heterocycles. The van der Waals surface area contributed by atoms with E-state index in [1.165, 1.54) is 6.42 Å². The number of piperidine rings is 2. The lowest BCUT2D eigenvalue weighted by molar-refractivity contribution is -0.127. The minimum atomic E-state index is -0.188. The van der Waals surface area contributed by atoms with E-state index in [2.05, 4.69) is 10.2 Å². The lowest BCUT2D eigenvalue weighted by Crippen LogP contribution is -2.54. The van der Waals surface area contributed by atoms with E-state index in [0.29, 0.717) is 25.7 Å². The van der Waals surface area contributed by atoms with Crippen molar-refractivity contribution < 1.29 is 14.7 Å². The second-order valence-corrected chi connectivity index (χ2v) is 8.98. The molecule has 3 rings (SSSR count). The lowest BCUT2D eigenvalue weighted by atomic mass is 9.89. The topological polar surface area (TPSA) is 76.1 Å². The van der Waals surface area contributed by atoms with E-state index < -0.39 is 0 Å². The van der Waals surface area contributed by atoms with Crippen LogP contribution in [-0.4, -0.2) is 89.2 Å². The zero-order chi connectivity index (χ0) is 20.8. The van der Waals surface area contributed by atoms with Crippen molar-refractivity contribution in [2.45, 2.75) is 83.4 Å². The molecule has 0 unspecified atom stereocenters. The molecule has 7 nitrogen and oxygen atoms in total. The Morgan fingerprint density at radius 2 is 1.66 bits per heavy atom. The molecule has 0 aromatic heterocycles. The number of carbonyl (C=O) groups excluding carboxylic acids is 2. The maximum absolute atomic E-state index is 12.9. The highest BCUT2D eigenvalue weighted by Crippen LogP contribution is 2.26. The summed E-state index contributed by atoms with van der Waals surface area (Å²) in [6, 6.07) is 0.582. The predicted octanol–water partition coefficient (Wildman–Crippen LogP) is 2.04. The lowest BCUT2D eigenvalue weighted by Gasteiger charge is -2.42. The SMILES string of the molecule is CCN(CC)C(=O)N1CCC[C@H](C(=O)NC2CCN([C@@H]3CCCC[C@@H]3O)CC2)C1. The highest BCUT2D eigenvalue weighted by Gasteiger charge is 2.34. The van der Waals surface area contributed by atoms with E-state index in [4.69, 9.17) is 0 Å². The number of likely N-dealkylation sites (tertiary alicyclic amines) is 2. The second-order valence-electron chi connectivity index (χ2n) is 8.98. The van der Waals surface area contributed by atoms with Crippen LogP contribution in [0.5, 0.6) is 0 Å². The molecule has 2 heterocycles. The van der Waals surface area contributed by atoms with Crippen molar-refractivity contribution in [3.63, 3.8) is 0 Å². The second kappa shape index (κ2) is 10.6. The third-order valence-corrected chi connectivity index (χ3v) is 7.14. The van der Waals surface area contributed by atoms with Gasteiger partial charge in [0.25, 0.3) is 0 Å². The molecular weight excluding hydrogens is 368 g/mol. The van der Waals surface area contributed by atoms with Crippen molar-refractivity contribution in [1.82, 2.24) is 20.0 Å². The van der Waals surface area contributed by atoms with Gasteiger partial charge < -0.3 is 20.2 Å². The summed E-state index contributed by atoms with van der Waals surface area (Å²) in [6.45, 7) is 8.58. The summed E-state index contributed by atoms with van der Waals surface area (Å²) in [7, 11) is 0. The number of hydrogen-bond donors (Lipinski definition) is 2. The molecule has 3 atom stereocenters. The Labute approximate surface area is 175 Å². The van der Waals surface area contributed by atoms with Crippen LogP contribution in [0.1, 0.15) is 65.2 Å². The molecule has 0 bridgehead atoms. The van der Waals surface area contributed by atoms with E-state index in [1.807, 2.05) is 23.6 Å². The van der Waals surface area contributed by atoms with Crippen molar-refractivity contribution in [2.24, 2.45) is 5.92 Å². The minimum Gasteiger partial charge on any atom is -0.391 e. The molecule has 0 spiro atoms. The van der Waals surface area contributed by atoms with Crippen LogP contribution < -0.4 is 5.32 Å². The summed E-state index contributed by atoms with van der Waals surface area (Å²) in [5.74, 6) is 0.0136. The summed E-state index contributed by atoms with van der Waals surface area (Å²) >= 11 is 0. The maximum Gasteiger partial charge on any atom is 0.320 e. The van der Waals surface area contributed by atoms with Gasteiger partial charge in [0.05, 0.1) is 12.0 Å². The first-order valence-corrected chi connectivity index (χ1v) is 11.8. The molecule has 2 N–H and O–H groups in total. The van der Waals surface area contributed by atoms with Crippen LogP contribution in [0.4, 0.5) is 4.79 Å². The van der Waals surface area contributed by atoms with E-state index in [0.717, 1.165) is 64.6 Å². The first kappa shape index (κ1) is 22.3. The zero-order valence-electron chi connectivity index (χ0n) is 18.3. The van der Waals surface area contributed by atoms with Crippen LogP contribution in [0.15, 0.2) is 0 Å². The molecule has 166 valence electrons. The molecule has 0 aromatic rings. The Bertz CT molecular complexity index is 546. The normalized spacial score (nSPS) is 29.5. The maximum atomic E-state index is 12.9. The first-order valence-electron chi connectivity index (χ1n) is 11.8. The summed E-state index contributed by atoms with van der Waals surface area (Å²) < 4.78 is 0. The molecular formula is C22H40N4O3. The Hall–Kier alpha value is -1.34. The molecule has 29 heavy (non-hydrogen) atoms.